The lowest BCUT2D eigenvalue weighted by atomic mass is 10.1. The molecule has 0 heterocycles. The molecule has 7 heteroatoms. The number of anilines is 1. The number of nitrogens with zero attached hydrogens (tertiary/aromatic N) is 1. The molecule has 0 saturated carbocycles. The first-order chi connectivity index (χ1) is 12.1. The van der Waals surface area contributed by atoms with Gasteiger partial charge in [-0.15, -0.1) is 0 Å². The third-order valence-electron chi connectivity index (χ3n) is 4.00. The van der Waals surface area contributed by atoms with Crippen molar-refractivity contribution in [2.75, 3.05) is 32.8 Å². The van der Waals surface area contributed by atoms with Crippen LogP contribution in [0.2, 0.25) is 0 Å². The molecular weight excluding hydrogens is 352 g/mol. The van der Waals surface area contributed by atoms with Gasteiger partial charge in [-0.05, 0) is 42.3 Å². The van der Waals surface area contributed by atoms with Crippen LogP contribution in [0, 0.1) is 6.92 Å². The van der Waals surface area contributed by atoms with Gasteiger partial charge in [0.1, 0.15) is 10.6 Å². The molecule has 1 amide bonds. The summed E-state index contributed by atoms with van der Waals surface area (Å²) in [5.74, 6) is 0.253. The third-order valence-corrected chi connectivity index (χ3v) is 5.12. The molecule has 2 rings (SSSR count). The quantitative estimate of drug-likeness (QED) is 0.839. The van der Waals surface area contributed by atoms with E-state index in [1.165, 1.54) is 12.0 Å². The lowest BCUT2D eigenvalue weighted by Gasteiger charge is -2.15. The van der Waals surface area contributed by atoms with E-state index in [1.807, 2.05) is 19.1 Å². The van der Waals surface area contributed by atoms with Crippen molar-refractivity contribution in [2.24, 2.45) is 0 Å². The number of aryl methyl sites for hydroxylation is 1. The van der Waals surface area contributed by atoms with E-state index >= 15 is 0 Å². The van der Waals surface area contributed by atoms with E-state index in [1.54, 1.807) is 38.4 Å². The van der Waals surface area contributed by atoms with Gasteiger partial charge in [-0.1, -0.05) is 12.1 Å². The molecule has 6 nitrogen and oxygen atoms in total. The van der Waals surface area contributed by atoms with Gasteiger partial charge in [0, 0.05) is 38.1 Å². The molecule has 140 valence electrons. The second kappa shape index (κ2) is 7.78. The predicted octanol–water partition coefficient (Wildman–Crippen LogP) is 2.72. The van der Waals surface area contributed by atoms with Crippen LogP contribution in [0.3, 0.4) is 0 Å². The number of hydrogen-bond donors (Lipinski definition) is 1. The summed E-state index contributed by atoms with van der Waals surface area (Å²) in [5.41, 5.74) is 3.22. The fraction of sp³-hybridized carbons (Fsp3) is 0.316. The van der Waals surface area contributed by atoms with E-state index in [-0.39, 0.29) is 10.8 Å². The van der Waals surface area contributed by atoms with Crippen molar-refractivity contribution < 1.29 is 17.9 Å². The Morgan fingerprint density at radius 2 is 1.85 bits per heavy atom. The minimum Gasteiger partial charge on any atom is -0.495 e. The first-order valence-corrected chi connectivity index (χ1v) is 9.95. The Morgan fingerprint density at radius 3 is 2.42 bits per heavy atom. The molecule has 0 bridgehead atoms. The average molecular weight is 376 g/mol. The van der Waals surface area contributed by atoms with E-state index < -0.39 is 9.84 Å². The molecule has 0 saturated heterocycles. The summed E-state index contributed by atoms with van der Waals surface area (Å²) >= 11 is 0. The smallest absolute Gasteiger partial charge is 0.253 e. The Bertz CT molecular complexity index is 921. The van der Waals surface area contributed by atoms with E-state index in [9.17, 15) is 13.2 Å². The van der Waals surface area contributed by atoms with Gasteiger partial charge in [-0.25, -0.2) is 8.42 Å². The Hall–Kier alpha value is -2.54. The summed E-state index contributed by atoms with van der Waals surface area (Å²) in [6.07, 6.45) is 1.16. The highest BCUT2D eigenvalue weighted by Crippen LogP contribution is 2.26. The maximum absolute atomic E-state index is 12.1. The zero-order valence-corrected chi connectivity index (χ0v) is 16.5. The van der Waals surface area contributed by atoms with Gasteiger partial charge in [0.05, 0.1) is 7.11 Å². The van der Waals surface area contributed by atoms with Gasteiger partial charge in [0.25, 0.3) is 5.91 Å². The molecule has 1 N–H and O–H groups in total. The van der Waals surface area contributed by atoms with Crippen LogP contribution < -0.4 is 10.1 Å². The van der Waals surface area contributed by atoms with Crippen molar-refractivity contribution in [3.05, 3.63) is 53.1 Å². The molecule has 0 aromatic heterocycles. The Labute approximate surface area is 154 Å². The predicted molar refractivity (Wildman–Crippen MR) is 103 cm³/mol. The number of benzene rings is 2. The maximum atomic E-state index is 12.1. The van der Waals surface area contributed by atoms with Crippen LogP contribution in [-0.4, -0.2) is 46.7 Å². The highest BCUT2D eigenvalue weighted by Gasteiger charge is 2.15. The van der Waals surface area contributed by atoms with Crippen molar-refractivity contribution in [3.8, 4) is 5.75 Å². The van der Waals surface area contributed by atoms with E-state index in [2.05, 4.69) is 5.32 Å². The molecule has 0 aliphatic heterocycles. The summed E-state index contributed by atoms with van der Waals surface area (Å²) in [6, 6.07) is 10.5. The monoisotopic (exact) mass is 376 g/mol. The number of carbonyl (C=O) groups is 1. The molecule has 26 heavy (non-hydrogen) atoms. The van der Waals surface area contributed by atoms with Crippen molar-refractivity contribution in [1.82, 2.24) is 4.90 Å². The molecule has 0 spiro atoms. The number of hydrogen-bond acceptors (Lipinski definition) is 5. The van der Waals surface area contributed by atoms with Gasteiger partial charge in [0.2, 0.25) is 0 Å². The number of carbonyl (C=O) groups excluding carboxylic acids is 1. The highest BCUT2D eigenvalue weighted by atomic mass is 32.2. The summed E-state index contributed by atoms with van der Waals surface area (Å²) < 4.78 is 29.0. The number of amides is 1. The van der Waals surface area contributed by atoms with Crippen LogP contribution in [0.4, 0.5) is 5.69 Å². The SMILES string of the molecule is COc1ccc(CNc2cc(C(=O)N(C)C)ccc2C)cc1S(C)(=O)=O. The van der Waals surface area contributed by atoms with Crippen LogP contribution in [0.15, 0.2) is 41.3 Å². The van der Waals surface area contributed by atoms with E-state index in [4.69, 9.17) is 4.74 Å². The van der Waals surface area contributed by atoms with Crippen LogP contribution in [-0.2, 0) is 16.4 Å². The summed E-state index contributed by atoms with van der Waals surface area (Å²) in [4.78, 5) is 13.8. The molecule has 2 aromatic rings. The minimum atomic E-state index is -3.39. The lowest BCUT2D eigenvalue weighted by molar-refractivity contribution is 0.0827. The normalized spacial score (nSPS) is 11.1. The second-order valence-electron chi connectivity index (χ2n) is 6.34. The molecule has 0 aliphatic carbocycles. The molecule has 0 atom stereocenters. The summed E-state index contributed by atoms with van der Waals surface area (Å²) in [7, 11) is 1.47. The Kier molecular flexibility index (Phi) is 5.92. The first-order valence-electron chi connectivity index (χ1n) is 8.06. The van der Waals surface area contributed by atoms with Gasteiger partial charge in [-0.2, -0.15) is 0 Å². The van der Waals surface area contributed by atoms with E-state index in [0.717, 1.165) is 23.1 Å². The maximum Gasteiger partial charge on any atom is 0.253 e. The van der Waals surface area contributed by atoms with Gasteiger partial charge in [-0.3, -0.25) is 4.79 Å². The highest BCUT2D eigenvalue weighted by molar-refractivity contribution is 7.90. The van der Waals surface area contributed by atoms with Gasteiger partial charge in [0.15, 0.2) is 9.84 Å². The molecule has 0 fully saturated rings. The standard InChI is InChI=1S/C19H24N2O4S/c1-13-6-8-15(19(22)21(2)3)11-16(13)20-12-14-7-9-17(25-4)18(10-14)26(5,23)24/h6-11,20H,12H2,1-5H3. The van der Waals surface area contributed by atoms with Crippen LogP contribution in [0.1, 0.15) is 21.5 Å². The van der Waals surface area contributed by atoms with Gasteiger partial charge >= 0.3 is 0 Å². The fourth-order valence-corrected chi connectivity index (χ4v) is 3.40. The number of ether oxygens (including phenoxy) is 1. The zero-order chi connectivity index (χ0) is 19.5. The Morgan fingerprint density at radius 1 is 1.15 bits per heavy atom. The van der Waals surface area contributed by atoms with Crippen molar-refractivity contribution >= 4 is 21.4 Å². The number of rotatable bonds is 6. The Balaban J connectivity index is 2.26. The zero-order valence-electron chi connectivity index (χ0n) is 15.7. The molecule has 0 aliphatic rings. The van der Waals surface area contributed by atoms with Crippen molar-refractivity contribution in [2.45, 2.75) is 18.4 Å². The van der Waals surface area contributed by atoms with Crippen LogP contribution in [0.25, 0.3) is 0 Å². The second-order valence-corrected chi connectivity index (χ2v) is 8.32. The van der Waals surface area contributed by atoms with Crippen LogP contribution >= 0.6 is 0 Å². The van der Waals surface area contributed by atoms with Crippen LogP contribution in [0.5, 0.6) is 5.75 Å². The largest absolute Gasteiger partial charge is 0.495 e. The minimum absolute atomic E-state index is 0.0724. The van der Waals surface area contributed by atoms with Gasteiger partial charge < -0.3 is 15.0 Å². The third kappa shape index (κ3) is 4.54. The fourth-order valence-electron chi connectivity index (χ4n) is 2.52. The van der Waals surface area contributed by atoms with E-state index in [0.29, 0.717) is 17.9 Å². The lowest BCUT2D eigenvalue weighted by Crippen LogP contribution is -2.21. The average Bonchev–Trinajstić information content (AvgIpc) is 2.59. The number of methoxy groups -OCH3 is 1. The molecule has 2 aromatic carbocycles. The van der Waals surface area contributed by atoms with Crippen molar-refractivity contribution in [1.29, 1.82) is 0 Å². The first kappa shape index (κ1) is 19.8. The topological polar surface area (TPSA) is 75.7 Å². The number of nitrogens with one attached hydrogen (secondary N) is 1. The summed E-state index contributed by atoms with van der Waals surface area (Å²) in [6.45, 7) is 2.37. The van der Waals surface area contributed by atoms with Crippen molar-refractivity contribution in [3.63, 3.8) is 0 Å². The molecule has 0 unspecified atom stereocenters. The number of sulfone groups is 1. The molecular formula is C19H24N2O4S. The molecule has 0 radical (unpaired) electrons. The summed E-state index contributed by atoms with van der Waals surface area (Å²) in [5, 5.41) is 3.27.